The average Bonchev–Trinajstić information content (AvgIpc) is 2.52. The van der Waals surface area contributed by atoms with Gasteiger partial charge in [0, 0.05) is 31.9 Å². The lowest BCUT2D eigenvalue weighted by molar-refractivity contribution is 0.500. The van der Waals surface area contributed by atoms with Crippen LogP contribution in [0.2, 0.25) is 0 Å². The lowest BCUT2D eigenvalue weighted by Gasteiger charge is -2.35. The van der Waals surface area contributed by atoms with Crippen LogP contribution in [0.4, 0.5) is 17.2 Å². The van der Waals surface area contributed by atoms with E-state index in [1.807, 2.05) is 31.3 Å². The third-order valence-corrected chi connectivity index (χ3v) is 4.00. The number of nitrogens with one attached hydrogen (secondary N) is 3. The minimum Gasteiger partial charge on any atom is -0.365 e. The fourth-order valence-corrected chi connectivity index (χ4v) is 2.71. The van der Waals surface area contributed by atoms with E-state index >= 15 is 0 Å². The van der Waals surface area contributed by atoms with E-state index in [0.29, 0.717) is 17.5 Å². The van der Waals surface area contributed by atoms with E-state index in [0.717, 1.165) is 30.9 Å². The van der Waals surface area contributed by atoms with Crippen molar-refractivity contribution < 1.29 is 0 Å². The summed E-state index contributed by atoms with van der Waals surface area (Å²) in [5.74, 6) is 0.673. The first-order chi connectivity index (χ1) is 10.6. The van der Waals surface area contributed by atoms with Gasteiger partial charge < -0.3 is 20.5 Å². The highest BCUT2D eigenvalue weighted by Crippen LogP contribution is 2.20. The third-order valence-electron chi connectivity index (χ3n) is 4.00. The molecule has 0 amide bonds. The molecule has 1 saturated heterocycles. The molecule has 22 heavy (non-hydrogen) atoms. The predicted octanol–water partition coefficient (Wildman–Crippen LogP) is 1.62. The van der Waals surface area contributed by atoms with Gasteiger partial charge in [0.1, 0.15) is 11.5 Å². The molecule has 0 radical (unpaired) electrons. The first kappa shape index (κ1) is 14.6. The maximum Gasteiger partial charge on any atom is 0.271 e. The molecule has 2 aromatic rings. The summed E-state index contributed by atoms with van der Waals surface area (Å²) in [6, 6.07) is 6.27. The SMILES string of the molecule is Cc1cc[nH]c(=O)c1Nc1ccc(N2CCNC[C@@H]2C)cn1. The molecule has 3 N–H and O–H groups in total. The Morgan fingerprint density at radius 1 is 1.36 bits per heavy atom. The van der Waals surface area contributed by atoms with Gasteiger partial charge >= 0.3 is 0 Å². The topological polar surface area (TPSA) is 73.1 Å². The quantitative estimate of drug-likeness (QED) is 0.803. The molecule has 0 saturated carbocycles. The number of aromatic amines is 1. The summed E-state index contributed by atoms with van der Waals surface area (Å²) in [6.07, 6.45) is 3.50. The Labute approximate surface area is 129 Å². The van der Waals surface area contributed by atoms with Crippen LogP contribution in [-0.4, -0.2) is 35.6 Å². The normalized spacial score (nSPS) is 18.3. The van der Waals surface area contributed by atoms with Crippen LogP contribution in [0.5, 0.6) is 0 Å². The molecule has 116 valence electrons. The van der Waals surface area contributed by atoms with Gasteiger partial charge in [-0.25, -0.2) is 4.98 Å². The van der Waals surface area contributed by atoms with Gasteiger partial charge in [-0.15, -0.1) is 0 Å². The van der Waals surface area contributed by atoms with Crippen LogP contribution in [-0.2, 0) is 0 Å². The van der Waals surface area contributed by atoms with Crippen molar-refractivity contribution in [3.05, 3.63) is 46.5 Å². The molecule has 1 aliphatic rings. The van der Waals surface area contributed by atoms with Crippen LogP contribution in [0, 0.1) is 6.92 Å². The highest BCUT2D eigenvalue weighted by atomic mass is 16.1. The fourth-order valence-electron chi connectivity index (χ4n) is 2.71. The van der Waals surface area contributed by atoms with E-state index < -0.39 is 0 Å². The molecule has 1 atom stereocenters. The Kier molecular flexibility index (Phi) is 4.11. The van der Waals surface area contributed by atoms with Crippen LogP contribution in [0.15, 0.2) is 35.4 Å². The lowest BCUT2D eigenvalue weighted by atomic mass is 10.2. The van der Waals surface area contributed by atoms with Gasteiger partial charge in [-0.05, 0) is 37.6 Å². The van der Waals surface area contributed by atoms with Crippen molar-refractivity contribution in [1.82, 2.24) is 15.3 Å². The lowest BCUT2D eigenvalue weighted by Crippen LogP contribution is -2.49. The van der Waals surface area contributed by atoms with Crippen LogP contribution < -0.4 is 21.1 Å². The average molecular weight is 299 g/mol. The molecule has 6 heteroatoms. The minimum absolute atomic E-state index is 0.137. The van der Waals surface area contributed by atoms with Crippen molar-refractivity contribution in [3.63, 3.8) is 0 Å². The Hall–Kier alpha value is -2.34. The molecule has 2 aromatic heterocycles. The molecule has 3 heterocycles. The molecule has 1 aliphatic heterocycles. The summed E-state index contributed by atoms with van der Waals surface area (Å²) in [5, 5.41) is 6.47. The van der Waals surface area contributed by atoms with Gasteiger partial charge in [-0.1, -0.05) is 0 Å². The number of H-pyrrole nitrogens is 1. The molecular formula is C16H21N5O. The van der Waals surface area contributed by atoms with Crippen LogP contribution >= 0.6 is 0 Å². The van der Waals surface area contributed by atoms with Crippen molar-refractivity contribution in [2.24, 2.45) is 0 Å². The minimum atomic E-state index is -0.137. The molecule has 0 unspecified atom stereocenters. The predicted molar refractivity (Wildman–Crippen MR) is 89.0 cm³/mol. The van der Waals surface area contributed by atoms with Crippen molar-refractivity contribution >= 4 is 17.2 Å². The molecular weight excluding hydrogens is 278 g/mol. The highest BCUT2D eigenvalue weighted by molar-refractivity contribution is 5.60. The number of piperazine rings is 1. The van der Waals surface area contributed by atoms with Crippen LogP contribution in [0.1, 0.15) is 12.5 Å². The maximum atomic E-state index is 11.8. The Morgan fingerprint density at radius 2 is 2.23 bits per heavy atom. The molecule has 1 fully saturated rings. The van der Waals surface area contributed by atoms with E-state index in [1.54, 1.807) is 6.20 Å². The maximum absolute atomic E-state index is 11.8. The summed E-state index contributed by atoms with van der Waals surface area (Å²) in [4.78, 5) is 21.3. The number of anilines is 3. The fraction of sp³-hybridized carbons (Fsp3) is 0.375. The zero-order chi connectivity index (χ0) is 15.5. The van der Waals surface area contributed by atoms with Gasteiger partial charge in [0.05, 0.1) is 11.9 Å². The largest absolute Gasteiger partial charge is 0.365 e. The van der Waals surface area contributed by atoms with Crippen molar-refractivity contribution in [2.75, 3.05) is 29.9 Å². The molecule has 0 aliphatic carbocycles. The van der Waals surface area contributed by atoms with Gasteiger partial charge in [0.2, 0.25) is 0 Å². The second-order valence-corrected chi connectivity index (χ2v) is 5.64. The molecule has 0 aromatic carbocycles. The van der Waals surface area contributed by atoms with Gasteiger partial charge in [0.25, 0.3) is 5.56 Å². The van der Waals surface area contributed by atoms with Crippen LogP contribution in [0.3, 0.4) is 0 Å². The molecule has 3 rings (SSSR count). The zero-order valence-electron chi connectivity index (χ0n) is 12.9. The first-order valence-corrected chi connectivity index (χ1v) is 7.54. The number of nitrogens with zero attached hydrogens (tertiary/aromatic N) is 2. The second-order valence-electron chi connectivity index (χ2n) is 5.64. The van der Waals surface area contributed by atoms with E-state index in [2.05, 4.69) is 32.4 Å². The number of hydrogen-bond acceptors (Lipinski definition) is 5. The van der Waals surface area contributed by atoms with Crippen LogP contribution in [0.25, 0.3) is 0 Å². The van der Waals surface area contributed by atoms with E-state index in [4.69, 9.17) is 0 Å². The first-order valence-electron chi connectivity index (χ1n) is 7.54. The Balaban J connectivity index is 1.78. The number of pyridine rings is 2. The zero-order valence-corrected chi connectivity index (χ0v) is 12.9. The van der Waals surface area contributed by atoms with Crippen molar-refractivity contribution in [3.8, 4) is 0 Å². The smallest absolute Gasteiger partial charge is 0.271 e. The monoisotopic (exact) mass is 299 g/mol. The molecule has 0 bridgehead atoms. The number of hydrogen-bond donors (Lipinski definition) is 3. The molecule has 0 spiro atoms. The van der Waals surface area contributed by atoms with E-state index in [1.165, 1.54) is 0 Å². The Bertz CT molecular complexity index is 694. The summed E-state index contributed by atoms with van der Waals surface area (Å²) in [7, 11) is 0. The summed E-state index contributed by atoms with van der Waals surface area (Å²) < 4.78 is 0. The van der Waals surface area contributed by atoms with E-state index in [9.17, 15) is 4.79 Å². The summed E-state index contributed by atoms with van der Waals surface area (Å²) in [5.41, 5.74) is 2.41. The standard InChI is InChI=1S/C16H21N5O/c1-11-5-6-18-16(22)15(11)20-14-4-3-13(10-19-14)21-8-7-17-9-12(21)2/h3-6,10,12,17H,7-9H2,1-2H3,(H,18,22)(H,19,20)/t12-/m0/s1. The number of aryl methyl sites for hydroxylation is 1. The van der Waals surface area contributed by atoms with Gasteiger partial charge in [-0.2, -0.15) is 0 Å². The highest BCUT2D eigenvalue weighted by Gasteiger charge is 2.18. The number of aromatic nitrogens is 2. The third kappa shape index (κ3) is 2.96. The Morgan fingerprint density at radius 3 is 2.91 bits per heavy atom. The summed E-state index contributed by atoms with van der Waals surface area (Å²) >= 11 is 0. The van der Waals surface area contributed by atoms with Crippen molar-refractivity contribution in [1.29, 1.82) is 0 Å². The van der Waals surface area contributed by atoms with Gasteiger partial charge in [0.15, 0.2) is 0 Å². The van der Waals surface area contributed by atoms with Gasteiger partial charge in [-0.3, -0.25) is 4.79 Å². The van der Waals surface area contributed by atoms with Crippen molar-refractivity contribution in [2.45, 2.75) is 19.9 Å². The summed E-state index contributed by atoms with van der Waals surface area (Å²) in [6.45, 7) is 7.05. The van der Waals surface area contributed by atoms with E-state index in [-0.39, 0.29) is 5.56 Å². The number of rotatable bonds is 3. The second kappa shape index (κ2) is 6.19. The molecule has 6 nitrogen and oxygen atoms in total.